The second-order valence-electron chi connectivity index (χ2n) is 10.00. The topological polar surface area (TPSA) is 79.3 Å². The average Bonchev–Trinajstić information content (AvgIpc) is 2.89. The molecule has 7 nitrogen and oxygen atoms in total. The fourth-order valence-electron chi connectivity index (χ4n) is 5.56. The number of nitrogens with zero attached hydrogens (tertiary/aromatic N) is 5. The van der Waals surface area contributed by atoms with Crippen molar-refractivity contribution in [3.63, 3.8) is 0 Å². The number of likely N-dealkylation sites (tertiary alicyclic amines) is 2. The molecular formula is C28H33N5O2. The minimum Gasteiger partial charge on any atom is -0.343 e. The normalized spacial score (nSPS) is 19.2. The smallest absolute Gasteiger partial charge is 0.274 e. The van der Waals surface area contributed by atoms with Crippen LogP contribution in [0.5, 0.6) is 0 Å². The number of amides is 2. The van der Waals surface area contributed by atoms with E-state index in [-0.39, 0.29) is 11.8 Å². The van der Waals surface area contributed by atoms with Gasteiger partial charge in [-0.25, -0.2) is 4.98 Å². The average molecular weight is 472 g/mol. The van der Waals surface area contributed by atoms with Gasteiger partial charge in [-0.2, -0.15) is 0 Å². The van der Waals surface area contributed by atoms with Crippen molar-refractivity contribution >= 4 is 22.7 Å². The molecule has 2 aliphatic rings. The Balaban J connectivity index is 1.19. The van der Waals surface area contributed by atoms with Crippen LogP contribution in [0.4, 0.5) is 0 Å². The predicted molar refractivity (Wildman–Crippen MR) is 135 cm³/mol. The monoisotopic (exact) mass is 471 g/mol. The molecule has 0 spiro atoms. The van der Waals surface area contributed by atoms with Crippen LogP contribution in [0.3, 0.4) is 0 Å². The van der Waals surface area contributed by atoms with Crippen molar-refractivity contribution in [2.75, 3.05) is 26.2 Å². The summed E-state index contributed by atoms with van der Waals surface area (Å²) in [5.41, 5.74) is 3.60. The number of rotatable bonds is 5. The number of benzene rings is 1. The van der Waals surface area contributed by atoms with Gasteiger partial charge < -0.3 is 9.80 Å². The van der Waals surface area contributed by atoms with Crippen LogP contribution >= 0.6 is 0 Å². The van der Waals surface area contributed by atoms with Crippen molar-refractivity contribution in [2.45, 2.75) is 45.4 Å². The Bertz CT molecular complexity index is 1200. The first-order valence-corrected chi connectivity index (χ1v) is 12.7. The van der Waals surface area contributed by atoms with E-state index in [2.05, 4.69) is 39.2 Å². The van der Waals surface area contributed by atoms with Gasteiger partial charge in [-0.3, -0.25) is 19.6 Å². The zero-order valence-corrected chi connectivity index (χ0v) is 20.4. The Morgan fingerprint density at radius 2 is 1.71 bits per heavy atom. The maximum Gasteiger partial charge on any atom is 0.274 e. The highest BCUT2D eigenvalue weighted by Gasteiger charge is 2.28. The van der Waals surface area contributed by atoms with Gasteiger partial charge in [0.2, 0.25) is 5.91 Å². The molecule has 2 aromatic heterocycles. The number of hydrogen-bond donors (Lipinski definition) is 0. The van der Waals surface area contributed by atoms with Gasteiger partial charge in [0, 0.05) is 57.1 Å². The molecule has 7 heteroatoms. The van der Waals surface area contributed by atoms with Crippen LogP contribution in [-0.2, 0) is 17.6 Å². The summed E-state index contributed by atoms with van der Waals surface area (Å²) in [6.07, 6.45) is 10.8. The van der Waals surface area contributed by atoms with Crippen molar-refractivity contribution in [2.24, 2.45) is 11.8 Å². The standard InChI is InChI=1S/C28H33N5O2/c1-20(34)33-13-3-4-23(19-33)18-26-27(31-12-11-30-26)28(35)32-14-8-21(9-15-32)16-22-6-7-25-24(17-22)5-2-10-29-25/h2,5-7,10-12,17,21,23H,3-4,8-9,13-16,18-19H2,1H3. The molecular weight excluding hydrogens is 438 g/mol. The predicted octanol–water partition coefficient (Wildman–Crippen LogP) is 3.92. The van der Waals surface area contributed by atoms with Crippen molar-refractivity contribution in [1.29, 1.82) is 0 Å². The minimum absolute atomic E-state index is 0.0115. The van der Waals surface area contributed by atoms with Gasteiger partial charge in [-0.15, -0.1) is 0 Å². The number of hydrogen-bond acceptors (Lipinski definition) is 5. The molecule has 4 heterocycles. The van der Waals surface area contributed by atoms with Crippen LogP contribution in [0.2, 0.25) is 0 Å². The van der Waals surface area contributed by atoms with Crippen LogP contribution in [0.15, 0.2) is 48.9 Å². The number of carbonyl (C=O) groups is 2. The molecule has 0 radical (unpaired) electrons. The molecule has 3 aromatic rings. The summed E-state index contributed by atoms with van der Waals surface area (Å²) in [4.78, 5) is 42.5. The van der Waals surface area contributed by atoms with Crippen LogP contribution in [0.1, 0.15) is 54.4 Å². The van der Waals surface area contributed by atoms with Crippen LogP contribution < -0.4 is 0 Å². The highest BCUT2D eigenvalue weighted by molar-refractivity contribution is 5.93. The molecule has 2 fully saturated rings. The van der Waals surface area contributed by atoms with Gasteiger partial charge in [0.15, 0.2) is 0 Å². The Morgan fingerprint density at radius 1 is 0.886 bits per heavy atom. The summed E-state index contributed by atoms with van der Waals surface area (Å²) < 4.78 is 0. The van der Waals surface area contributed by atoms with E-state index in [9.17, 15) is 9.59 Å². The molecule has 35 heavy (non-hydrogen) atoms. The number of carbonyl (C=O) groups excluding carboxylic acids is 2. The summed E-state index contributed by atoms with van der Waals surface area (Å²) in [5.74, 6) is 0.990. The Kier molecular flexibility index (Phi) is 7.02. The molecule has 0 N–H and O–H groups in total. The maximum atomic E-state index is 13.4. The molecule has 2 aliphatic heterocycles. The molecule has 0 saturated carbocycles. The molecule has 2 saturated heterocycles. The highest BCUT2D eigenvalue weighted by Crippen LogP contribution is 2.26. The summed E-state index contributed by atoms with van der Waals surface area (Å²) in [5, 5.41) is 1.18. The van der Waals surface area contributed by atoms with E-state index in [1.807, 2.05) is 22.1 Å². The zero-order valence-electron chi connectivity index (χ0n) is 20.4. The lowest BCUT2D eigenvalue weighted by molar-refractivity contribution is -0.130. The third kappa shape index (κ3) is 5.50. The van der Waals surface area contributed by atoms with E-state index < -0.39 is 0 Å². The van der Waals surface area contributed by atoms with Crippen molar-refractivity contribution in [3.8, 4) is 0 Å². The van der Waals surface area contributed by atoms with Crippen molar-refractivity contribution in [1.82, 2.24) is 24.8 Å². The Hall–Kier alpha value is -3.35. The van der Waals surface area contributed by atoms with E-state index in [1.165, 1.54) is 10.9 Å². The Labute approximate surface area is 206 Å². The molecule has 1 atom stereocenters. The van der Waals surface area contributed by atoms with Gasteiger partial charge in [0.05, 0.1) is 11.2 Å². The van der Waals surface area contributed by atoms with E-state index in [0.29, 0.717) is 24.0 Å². The molecule has 1 unspecified atom stereocenters. The molecule has 5 rings (SSSR count). The first kappa shape index (κ1) is 23.4. The molecule has 2 amide bonds. The van der Waals surface area contributed by atoms with Gasteiger partial charge in [0.1, 0.15) is 5.69 Å². The number of piperidine rings is 2. The fourth-order valence-corrected chi connectivity index (χ4v) is 5.56. The highest BCUT2D eigenvalue weighted by atomic mass is 16.2. The van der Waals surface area contributed by atoms with Gasteiger partial charge in [-0.1, -0.05) is 12.1 Å². The van der Waals surface area contributed by atoms with Crippen LogP contribution in [0, 0.1) is 11.8 Å². The van der Waals surface area contributed by atoms with Crippen molar-refractivity contribution in [3.05, 3.63) is 65.9 Å². The molecule has 182 valence electrons. The quantitative estimate of drug-likeness (QED) is 0.564. The first-order valence-electron chi connectivity index (χ1n) is 12.7. The lowest BCUT2D eigenvalue weighted by Gasteiger charge is -2.33. The van der Waals surface area contributed by atoms with Crippen LogP contribution in [-0.4, -0.2) is 62.7 Å². The fraction of sp³-hybridized carbons (Fsp3) is 0.464. The second kappa shape index (κ2) is 10.5. The van der Waals surface area contributed by atoms with Gasteiger partial charge in [-0.05, 0) is 74.1 Å². The lowest BCUT2D eigenvalue weighted by Crippen LogP contribution is -2.41. The third-order valence-electron chi connectivity index (χ3n) is 7.52. The minimum atomic E-state index is -0.0115. The first-order chi connectivity index (χ1) is 17.1. The van der Waals surface area contributed by atoms with Crippen LogP contribution in [0.25, 0.3) is 10.9 Å². The van der Waals surface area contributed by atoms with Crippen molar-refractivity contribution < 1.29 is 9.59 Å². The lowest BCUT2D eigenvalue weighted by atomic mass is 9.89. The van der Waals surface area contributed by atoms with E-state index in [0.717, 1.165) is 69.5 Å². The largest absolute Gasteiger partial charge is 0.343 e. The Morgan fingerprint density at radius 3 is 2.54 bits per heavy atom. The summed E-state index contributed by atoms with van der Waals surface area (Å²) in [6, 6.07) is 10.6. The third-order valence-corrected chi connectivity index (χ3v) is 7.52. The van der Waals surface area contributed by atoms with E-state index >= 15 is 0 Å². The van der Waals surface area contributed by atoms with Gasteiger partial charge in [0.25, 0.3) is 5.91 Å². The van der Waals surface area contributed by atoms with Gasteiger partial charge >= 0.3 is 0 Å². The summed E-state index contributed by atoms with van der Waals surface area (Å²) in [7, 11) is 0. The summed E-state index contributed by atoms with van der Waals surface area (Å²) >= 11 is 0. The number of fused-ring (bicyclic) bond motifs is 1. The number of pyridine rings is 1. The molecule has 0 aliphatic carbocycles. The number of aromatic nitrogens is 3. The second-order valence-corrected chi connectivity index (χ2v) is 10.00. The molecule has 0 bridgehead atoms. The summed E-state index contributed by atoms with van der Waals surface area (Å²) in [6.45, 7) is 4.67. The zero-order chi connectivity index (χ0) is 24.2. The van der Waals surface area contributed by atoms with E-state index in [1.54, 1.807) is 19.3 Å². The SMILES string of the molecule is CC(=O)N1CCCC(Cc2nccnc2C(=O)N2CCC(Cc3ccc4ncccc4c3)CC2)C1. The van der Waals surface area contributed by atoms with E-state index in [4.69, 9.17) is 0 Å². The molecule has 1 aromatic carbocycles. The maximum absolute atomic E-state index is 13.4.